The number of ether oxygens (including phenoxy) is 11. The van der Waals surface area contributed by atoms with E-state index in [1.807, 2.05) is 0 Å². The summed E-state index contributed by atoms with van der Waals surface area (Å²) < 4.78 is 64.2. The summed E-state index contributed by atoms with van der Waals surface area (Å²) >= 11 is 12.4. The molecule has 0 bridgehead atoms. The van der Waals surface area contributed by atoms with Crippen LogP contribution in [0, 0.1) is 5.41 Å². The highest BCUT2D eigenvalue weighted by Crippen LogP contribution is 2.41. The van der Waals surface area contributed by atoms with Crippen LogP contribution in [-0.4, -0.2) is 230 Å². The number of halogens is 3. The molecule has 22 nitrogen and oxygen atoms in total. The Bertz CT molecular complexity index is 2710. The smallest absolute Gasteiger partial charge is 0.326 e. The quantitative estimate of drug-likeness (QED) is 0.0305. The highest BCUT2D eigenvalue weighted by molar-refractivity contribution is 6.40. The van der Waals surface area contributed by atoms with Crippen LogP contribution in [0.3, 0.4) is 0 Å². The minimum Gasteiger partial charge on any atom is -1.00 e. The molecule has 0 radical (unpaired) electrons. The topological polar surface area (TPSA) is 255 Å². The summed E-state index contributed by atoms with van der Waals surface area (Å²) in [6.45, 7) is 16.8. The summed E-state index contributed by atoms with van der Waals surface area (Å²) in [5.41, 5.74) is 0.468. The molecule has 0 aromatic heterocycles. The first-order valence-corrected chi connectivity index (χ1v) is 47.6. The number of hydrogen-bond acceptors (Lipinski definition) is 16. The predicted molar refractivity (Wildman–Crippen MR) is 477 cm³/mol. The Morgan fingerprint density at radius 2 is 0.773 bits per heavy atom. The van der Waals surface area contributed by atoms with Crippen molar-refractivity contribution in [1.29, 1.82) is 0 Å². The van der Waals surface area contributed by atoms with E-state index in [0.717, 1.165) is 62.9 Å². The minimum atomic E-state index is -1.18. The number of carbonyl (C=O) groups is 5. The Morgan fingerprint density at radius 1 is 0.429 bits per heavy atom. The van der Waals surface area contributed by atoms with Crippen LogP contribution in [0.4, 0.5) is 5.69 Å². The van der Waals surface area contributed by atoms with Crippen LogP contribution in [0.25, 0.3) is 0 Å². The normalized spacial score (nSPS) is 13.2. The number of likely N-dealkylation sites (N-methyl/N-ethyl adjacent to an activating group) is 1. The molecule has 4 amide bonds. The van der Waals surface area contributed by atoms with Gasteiger partial charge in [-0.1, -0.05) is 286 Å². The van der Waals surface area contributed by atoms with Gasteiger partial charge in [0.15, 0.2) is 0 Å². The van der Waals surface area contributed by atoms with E-state index in [-0.39, 0.29) is 82.4 Å². The summed E-state index contributed by atoms with van der Waals surface area (Å²) in [5, 5.41) is 22.0. The van der Waals surface area contributed by atoms with Crippen molar-refractivity contribution in [2.45, 2.75) is 315 Å². The van der Waals surface area contributed by atoms with Crippen LogP contribution in [0.2, 0.25) is 10.0 Å². The van der Waals surface area contributed by atoms with Crippen LogP contribution in [0.15, 0.2) is 42.5 Å². The number of carboxylic acids is 1. The number of rotatable bonds is 87. The molecule has 1 aliphatic carbocycles. The van der Waals surface area contributed by atoms with Gasteiger partial charge in [0.05, 0.1) is 167 Å². The third-order valence-corrected chi connectivity index (χ3v) is 22.7. The van der Waals surface area contributed by atoms with E-state index < -0.39 is 23.3 Å². The van der Waals surface area contributed by atoms with Crippen molar-refractivity contribution in [3.05, 3.63) is 63.6 Å². The molecule has 3 rings (SSSR count). The number of quaternary nitrogens is 1. The molecule has 2 atom stereocenters. The number of anilines is 1. The fourth-order valence-electron chi connectivity index (χ4n) is 14.9. The van der Waals surface area contributed by atoms with Gasteiger partial charge in [0.2, 0.25) is 17.7 Å². The molecule has 0 saturated heterocycles. The number of benzene rings is 2. The van der Waals surface area contributed by atoms with Crippen molar-refractivity contribution in [3.63, 3.8) is 0 Å². The maximum atomic E-state index is 13.7. The Balaban J connectivity index is 0.0000480. The van der Waals surface area contributed by atoms with Gasteiger partial charge < -0.3 is 99.9 Å². The lowest BCUT2D eigenvalue weighted by molar-refractivity contribution is -0.893. The lowest BCUT2D eigenvalue weighted by atomic mass is 9.81. The van der Waals surface area contributed by atoms with E-state index in [1.54, 1.807) is 42.5 Å². The van der Waals surface area contributed by atoms with Gasteiger partial charge in [0, 0.05) is 57.7 Å². The second-order valence-electron chi connectivity index (χ2n) is 33.0. The summed E-state index contributed by atoms with van der Waals surface area (Å²) in [6.07, 6.45) is 54.2. The Labute approximate surface area is 741 Å². The van der Waals surface area contributed by atoms with Crippen molar-refractivity contribution in [2.75, 3.05) is 184 Å². The number of carbonyl (C=O) groups excluding carboxylic acids is 4. The van der Waals surface area contributed by atoms with Gasteiger partial charge in [-0.15, -0.1) is 0 Å². The van der Waals surface area contributed by atoms with Gasteiger partial charge in [-0.2, -0.15) is 0 Å². The SMILES string of the molecule is CCCCCCCCCCCCCCCCCCCCOCC(C[N+](C)(C)CCCNC(=O)CCOCCOCCOCCOCCOCCOCCOCCOCCOCCC(=O)NCCC1(C(=O)N[C@@H](Cc2ccc(NC(=O)c3c(Cl)cccc3Cl)cc2)C(=O)O)CCCC1)OCCCCCCCCCCCCCCCCCCCC.[Br-]. The predicted octanol–water partition coefficient (Wildman–Crippen LogP) is 16.4. The Morgan fingerprint density at radius 3 is 1.14 bits per heavy atom. The molecule has 1 aliphatic rings. The Kier molecular flexibility index (Phi) is 74.0. The Hall–Kier alpha value is -3.63. The van der Waals surface area contributed by atoms with Crippen molar-refractivity contribution in [2.24, 2.45) is 5.41 Å². The van der Waals surface area contributed by atoms with E-state index in [1.165, 1.54) is 218 Å². The van der Waals surface area contributed by atoms with Gasteiger partial charge in [-0.3, -0.25) is 19.2 Å². The lowest BCUT2D eigenvalue weighted by Gasteiger charge is -2.33. The number of nitrogens with one attached hydrogen (secondary N) is 4. The molecule has 1 saturated carbocycles. The first-order chi connectivity index (χ1) is 57.7. The fourth-order valence-corrected chi connectivity index (χ4v) is 15.5. The largest absolute Gasteiger partial charge is 1.00 e. The molecular formula is C94H166BrCl2N5O17. The van der Waals surface area contributed by atoms with Crippen molar-refractivity contribution >= 4 is 58.5 Å². The van der Waals surface area contributed by atoms with E-state index in [2.05, 4.69) is 49.2 Å². The molecule has 0 spiro atoms. The number of unbranched alkanes of at least 4 members (excludes halogenated alkanes) is 34. The highest BCUT2D eigenvalue weighted by Gasteiger charge is 2.42. The molecular weight excluding hydrogens is 1620 g/mol. The maximum absolute atomic E-state index is 13.7. The molecule has 0 aliphatic heterocycles. The second kappa shape index (κ2) is 79.0. The summed E-state index contributed by atoms with van der Waals surface area (Å²) in [4.78, 5) is 64.2. The molecule has 1 fully saturated rings. The van der Waals surface area contributed by atoms with Crippen molar-refractivity contribution < 1.29 is 103 Å². The number of amides is 4. The highest BCUT2D eigenvalue weighted by atomic mass is 79.9. The summed E-state index contributed by atoms with van der Waals surface area (Å²) in [5.74, 6) is -2.19. The van der Waals surface area contributed by atoms with Crippen molar-refractivity contribution in [1.82, 2.24) is 16.0 Å². The van der Waals surface area contributed by atoms with Gasteiger partial charge >= 0.3 is 5.97 Å². The van der Waals surface area contributed by atoms with Gasteiger partial charge in [-0.05, 0) is 61.9 Å². The minimum absolute atomic E-state index is 0. The molecule has 1 unspecified atom stereocenters. The molecule has 2 aromatic rings. The number of aliphatic carboxylic acids is 1. The lowest BCUT2D eigenvalue weighted by Crippen LogP contribution is -3.00. The van der Waals surface area contributed by atoms with Crippen LogP contribution in [0.5, 0.6) is 0 Å². The summed E-state index contributed by atoms with van der Waals surface area (Å²) in [7, 11) is 4.55. The van der Waals surface area contributed by atoms with Gasteiger partial charge in [-0.25, -0.2) is 4.79 Å². The molecule has 5 N–H and O–H groups in total. The number of hydrogen-bond donors (Lipinski definition) is 5. The zero-order valence-electron chi connectivity index (χ0n) is 74.8. The van der Waals surface area contributed by atoms with Crippen LogP contribution >= 0.6 is 23.2 Å². The zero-order chi connectivity index (χ0) is 85.0. The van der Waals surface area contributed by atoms with Crippen LogP contribution in [-0.2, 0) is 77.7 Å². The number of nitrogens with zero attached hydrogens (tertiary/aromatic N) is 1. The molecule has 25 heteroatoms. The first kappa shape index (κ1) is 111. The average Bonchev–Trinajstić information content (AvgIpc) is 1.68. The third kappa shape index (κ3) is 63.9. The van der Waals surface area contributed by atoms with E-state index >= 15 is 0 Å². The zero-order valence-corrected chi connectivity index (χ0v) is 77.9. The molecule has 0 heterocycles. The second-order valence-corrected chi connectivity index (χ2v) is 33.9. The average molecular weight is 1790 g/mol. The van der Waals surface area contributed by atoms with Crippen molar-refractivity contribution in [3.8, 4) is 0 Å². The summed E-state index contributed by atoms with van der Waals surface area (Å²) in [6, 6.07) is 10.3. The van der Waals surface area contributed by atoms with E-state index in [4.69, 9.17) is 75.3 Å². The van der Waals surface area contributed by atoms with E-state index in [0.29, 0.717) is 162 Å². The van der Waals surface area contributed by atoms with Crippen LogP contribution in [0.1, 0.15) is 312 Å². The monoisotopic (exact) mass is 1790 g/mol. The van der Waals surface area contributed by atoms with Gasteiger partial charge in [0.25, 0.3) is 5.91 Å². The molecule has 119 heavy (non-hydrogen) atoms. The first-order valence-electron chi connectivity index (χ1n) is 46.8. The fraction of sp³-hybridized carbons (Fsp3) is 0.819. The maximum Gasteiger partial charge on any atom is 0.326 e. The number of carboxylic acid groups (broad SMARTS) is 1. The van der Waals surface area contributed by atoms with Gasteiger partial charge in [0.1, 0.15) is 18.7 Å². The standard InChI is InChI=1S/C94H165Cl2N5O17.BrH/c1-5-7-9-11-13-15-17-19-21-23-25-27-29-31-33-35-37-41-59-117-81-84(118-60-42-38-36-34-32-30-28-26-24-22-20-18-16-14-12-10-8-6-2)80-101(3,4)58-44-56-97-88(102)51-61-108-63-65-110-67-69-112-71-73-114-75-77-116-78-76-115-74-72-113-70-68-111-66-64-109-62-52-89(103)98-57-55-94(53-39-40-54-94)93(107)100-87(92(105)106)79-82-47-49-83(50-48-82)99-91(104)90-85(95)45-43-46-86(90)96;/h43,45-50,84,87H,5-42,44,51-81H2,1-4H3,(H4-,97,98,99,100,102,103,104,105,106,107);1H/t84?,87-;/m0./s1. The molecule has 2 aromatic carbocycles. The molecule has 690 valence electrons. The van der Waals surface area contributed by atoms with Crippen LogP contribution < -0.4 is 38.2 Å². The third-order valence-electron chi connectivity index (χ3n) is 22.1. The van der Waals surface area contributed by atoms with E-state index in [9.17, 15) is 29.1 Å².